The van der Waals surface area contributed by atoms with Crippen LogP contribution in [-0.2, 0) is 14.8 Å². The zero-order chi connectivity index (χ0) is 14.1. The van der Waals surface area contributed by atoms with Gasteiger partial charge in [-0.25, -0.2) is 8.42 Å². The van der Waals surface area contributed by atoms with E-state index < -0.39 is 27.4 Å². The summed E-state index contributed by atoms with van der Waals surface area (Å²) in [5.41, 5.74) is -0.736. The van der Waals surface area contributed by atoms with Crippen LogP contribution in [0, 0.1) is 5.41 Å². The lowest BCUT2D eigenvalue weighted by Gasteiger charge is -2.27. The highest BCUT2D eigenvalue weighted by molar-refractivity contribution is 7.91. The largest absolute Gasteiger partial charge is 0.480 e. The van der Waals surface area contributed by atoms with E-state index >= 15 is 0 Å². The molecule has 0 amide bonds. The first kappa shape index (κ1) is 15.4. The molecular weight excluding hydrogens is 298 g/mol. The van der Waals surface area contributed by atoms with Crippen molar-refractivity contribution in [1.82, 2.24) is 4.72 Å². The molecule has 0 saturated heterocycles. The molecule has 0 aliphatic carbocycles. The van der Waals surface area contributed by atoms with Crippen LogP contribution in [0.15, 0.2) is 16.3 Å². The van der Waals surface area contributed by atoms with Crippen molar-refractivity contribution in [1.29, 1.82) is 0 Å². The number of carboxylic acid groups (broad SMARTS) is 1. The van der Waals surface area contributed by atoms with E-state index in [0.29, 0.717) is 4.34 Å². The van der Waals surface area contributed by atoms with Crippen LogP contribution in [0.25, 0.3) is 0 Å². The molecule has 0 bridgehead atoms. The number of nitrogens with one attached hydrogen (secondary N) is 1. The summed E-state index contributed by atoms with van der Waals surface area (Å²) in [5.74, 6) is -1.21. The first-order valence-electron chi connectivity index (χ1n) is 5.04. The van der Waals surface area contributed by atoms with Crippen LogP contribution in [-0.4, -0.2) is 25.5 Å². The summed E-state index contributed by atoms with van der Waals surface area (Å²) in [7, 11) is -3.86. The van der Waals surface area contributed by atoms with Gasteiger partial charge in [0.2, 0.25) is 0 Å². The maximum Gasteiger partial charge on any atom is 0.322 e. The minimum absolute atomic E-state index is 0.00278. The van der Waals surface area contributed by atoms with Gasteiger partial charge in [0.1, 0.15) is 10.3 Å². The number of carboxylic acids is 1. The Labute approximate surface area is 115 Å². The SMILES string of the molecule is CC(C)(C)[C@@H](NS(=O)(=O)c1ccc(Cl)s1)C(=O)O. The molecule has 0 spiro atoms. The smallest absolute Gasteiger partial charge is 0.322 e. The number of aliphatic carboxylic acids is 1. The molecule has 0 radical (unpaired) electrons. The average molecular weight is 312 g/mol. The number of hydrogen-bond acceptors (Lipinski definition) is 4. The highest BCUT2D eigenvalue weighted by atomic mass is 35.5. The van der Waals surface area contributed by atoms with E-state index in [1.54, 1.807) is 20.8 Å². The molecule has 1 aromatic rings. The van der Waals surface area contributed by atoms with Gasteiger partial charge in [-0.05, 0) is 17.5 Å². The highest BCUT2D eigenvalue weighted by Gasteiger charge is 2.35. The summed E-state index contributed by atoms with van der Waals surface area (Å²) in [6.07, 6.45) is 0. The third kappa shape index (κ3) is 3.68. The van der Waals surface area contributed by atoms with Crippen LogP contribution in [0.4, 0.5) is 0 Å². The first-order chi connectivity index (χ1) is 8.04. The number of halogens is 1. The Bertz CT molecular complexity index is 544. The number of hydrogen-bond donors (Lipinski definition) is 2. The third-order valence-electron chi connectivity index (χ3n) is 2.20. The molecule has 8 heteroatoms. The van der Waals surface area contributed by atoms with Crippen molar-refractivity contribution in [2.24, 2.45) is 5.41 Å². The van der Waals surface area contributed by atoms with Crippen LogP contribution >= 0.6 is 22.9 Å². The van der Waals surface area contributed by atoms with E-state index in [9.17, 15) is 13.2 Å². The molecule has 0 aliphatic heterocycles. The van der Waals surface area contributed by atoms with E-state index in [2.05, 4.69) is 4.72 Å². The van der Waals surface area contributed by atoms with Gasteiger partial charge in [0.25, 0.3) is 10.0 Å². The summed E-state index contributed by atoms with van der Waals surface area (Å²) in [4.78, 5) is 11.1. The van der Waals surface area contributed by atoms with Crippen molar-refractivity contribution in [3.63, 3.8) is 0 Å². The van der Waals surface area contributed by atoms with E-state index in [1.807, 2.05) is 0 Å². The van der Waals surface area contributed by atoms with Crippen molar-refractivity contribution in [2.75, 3.05) is 0 Å². The fourth-order valence-electron chi connectivity index (χ4n) is 1.25. The third-order valence-corrected chi connectivity index (χ3v) is 5.35. The monoisotopic (exact) mass is 311 g/mol. The molecule has 18 heavy (non-hydrogen) atoms. The van der Waals surface area contributed by atoms with Gasteiger partial charge in [-0.3, -0.25) is 4.79 Å². The quantitative estimate of drug-likeness (QED) is 0.892. The van der Waals surface area contributed by atoms with Gasteiger partial charge in [0.15, 0.2) is 0 Å². The second-order valence-electron chi connectivity index (χ2n) is 4.82. The van der Waals surface area contributed by atoms with Crippen molar-refractivity contribution in [3.8, 4) is 0 Å². The van der Waals surface area contributed by atoms with E-state index in [4.69, 9.17) is 16.7 Å². The molecule has 1 heterocycles. The summed E-state index contributed by atoms with van der Waals surface area (Å²) in [5, 5.41) is 9.07. The molecule has 1 atom stereocenters. The second-order valence-corrected chi connectivity index (χ2v) is 8.47. The first-order valence-corrected chi connectivity index (χ1v) is 7.72. The van der Waals surface area contributed by atoms with Crippen LogP contribution in [0.3, 0.4) is 0 Å². The molecule has 0 aromatic carbocycles. The van der Waals surface area contributed by atoms with E-state index in [0.717, 1.165) is 11.3 Å². The lowest BCUT2D eigenvalue weighted by atomic mass is 9.88. The van der Waals surface area contributed by atoms with Gasteiger partial charge in [-0.1, -0.05) is 32.4 Å². The molecule has 1 rings (SSSR count). The zero-order valence-electron chi connectivity index (χ0n) is 10.1. The Balaban J connectivity index is 3.05. The Morgan fingerprint density at radius 3 is 2.33 bits per heavy atom. The van der Waals surface area contributed by atoms with Crippen LogP contribution in [0.5, 0.6) is 0 Å². The molecule has 0 aliphatic rings. The number of carbonyl (C=O) groups is 1. The average Bonchev–Trinajstić information content (AvgIpc) is 2.60. The minimum Gasteiger partial charge on any atom is -0.480 e. The number of sulfonamides is 1. The van der Waals surface area contributed by atoms with Gasteiger partial charge >= 0.3 is 5.97 Å². The number of rotatable bonds is 4. The summed E-state index contributed by atoms with van der Waals surface area (Å²) >= 11 is 6.55. The zero-order valence-corrected chi connectivity index (χ0v) is 12.5. The standard InChI is InChI=1S/C10H14ClNO4S2/c1-10(2,3)8(9(13)14)12-18(15,16)7-5-4-6(11)17-7/h4-5,8,12H,1-3H3,(H,13,14)/t8-/m0/s1. The Hall–Kier alpha value is -0.630. The van der Waals surface area contributed by atoms with E-state index in [1.165, 1.54) is 12.1 Å². The number of thiophene rings is 1. The van der Waals surface area contributed by atoms with Crippen molar-refractivity contribution < 1.29 is 18.3 Å². The van der Waals surface area contributed by atoms with Crippen LogP contribution in [0.1, 0.15) is 20.8 Å². The minimum atomic E-state index is -3.86. The van der Waals surface area contributed by atoms with Crippen LogP contribution < -0.4 is 4.72 Å². The Morgan fingerprint density at radius 1 is 1.44 bits per heavy atom. The van der Waals surface area contributed by atoms with Gasteiger partial charge in [0, 0.05) is 0 Å². The van der Waals surface area contributed by atoms with Crippen molar-refractivity contribution >= 4 is 38.9 Å². The predicted octanol–water partition coefficient (Wildman–Crippen LogP) is 2.18. The Morgan fingerprint density at radius 2 is 2.00 bits per heavy atom. The summed E-state index contributed by atoms with van der Waals surface area (Å²) in [6, 6.07) is 1.59. The molecule has 1 aromatic heterocycles. The maximum atomic E-state index is 12.0. The lowest BCUT2D eigenvalue weighted by Crippen LogP contribution is -2.48. The second kappa shape index (κ2) is 5.16. The fourth-order valence-corrected chi connectivity index (χ4v) is 4.15. The maximum absolute atomic E-state index is 12.0. The molecule has 2 N–H and O–H groups in total. The molecule has 5 nitrogen and oxygen atoms in total. The van der Waals surface area contributed by atoms with Gasteiger partial charge < -0.3 is 5.11 Å². The van der Waals surface area contributed by atoms with Crippen molar-refractivity contribution in [2.45, 2.75) is 31.0 Å². The summed E-state index contributed by atoms with van der Waals surface area (Å²) < 4.78 is 26.5. The normalized spacial score (nSPS) is 14.4. The highest BCUT2D eigenvalue weighted by Crippen LogP contribution is 2.27. The van der Waals surface area contributed by atoms with E-state index in [-0.39, 0.29) is 4.21 Å². The molecular formula is C10H14ClNO4S2. The predicted molar refractivity (Wildman–Crippen MR) is 70.5 cm³/mol. The summed E-state index contributed by atoms with van der Waals surface area (Å²) in [6.45, 7) is 4.95. The molecule has 102 valence electrons. The molecule has 0 unspecified atom stereocenters. The van der Waals surface area contributed by atoms with Gasteiger partial charge in [0.05, 0.1) is 4.34 Å². The lowest BCUT2D eigenvalue weighted by molar-refractivity contribution is -0.141. The van der Waals surface area contributed by atoms with Gasteiger partial charge in [-0.2, -0.15) is 4.72 Å². The van der Waals surface area contributed by atoms with Crippen LogP contribution in [0.2, 0.25) is 4.34 Å². The Kier molecular flexibility index (Phi) is 4.42. The van der Waals surface area contributed by atoms with Crippen molar-refractivity contribution in [3.05, 3.63) is 16.5 Å². The van der Waals surface area contributed by atoms with Gasteiger partial charge in [-0.15, -0.1) is 11.3 Å². The fraction of sp³-hybridized carbons (Fsp3) is 0.500. The topological polar surface area (TPSA) is 83.5 Å². The molecule has 0 fully saturated rings. The molecule has 0 saturated carbocycles.